The Morgan fingerprint density at radius 2 is 1.75 bits per heavy atom. The molecule has 1 fully saturated rings. The molecule has 124 valence electrons. The van der Waals surface area contributed by atoms with Gasteiger partial charge in [0.2, 0.25) is 5.91 Å². The summed E-state index contributed by atoms with van der Waals surface area (Å²) in [7, 11) is 1.71. The monoisotopic (exact) mass is 324 g/mol. The van der Waals surface area contributed by atoms with E-state index in [1.165, 1.54) is 0 Å². The lowest BCUT2D eigenvalue weighted by Crippen LogP contribution is -2.52. The zero-order chi connectivity index (χ0) is 16.9. The molecule has 0 radical (unpaired) electrons. The maximum Gasteiger partial charge on any atom is 0.251 e. The Morgan fingerprint density at radius 3 is 2.42 bits per heavy atom. The number of morpholine rings is 1. The lowest BCUT2D eigenvalue weighted by molar-refractivity contribution is -0.162. The number of benzene rings is 2. The highest BCUT2D eigenvalue weighted by atomic mass is 16.5. The molecular weight excluding hydrogens is 304 g/mol. The van der Waals surface area contributed by atoms with E-state index in [1.807, 2.05) is 60.7 Å². The number of amides is 2. The Hall–Kier alpha value is -2.66. The summed E-state index contributed by atoms with van der Waals surface area (Å²) in [6.07, 6.45) is -0.723. The van der Waals surface area contributed by atoms with Gasteiger partial charge in [-0.15, -0.1) is 0 Å². The molecule has 0 spiro atoms. The number of carbonyl (C=O) groups is 2. The largest absolute Gasteiger partial charge is 0.356 e. The van der Waals surface area contributed by atoms with Gasteiger partial charge in [0.25, 0.3) is 5.91 Å². The van der Waals surface area contributed by atoms with Gasteiger partial charge in [-0.25, -0.2) is 0 Å². The fraction of sp³-hybridized carbons (Fsp3) is 0.263. The molecule has 2 amide bonds. The number of rotatable bonds is 4. The Bertz CT molecular complexity index is 703. The van der Waals surface area contributed by atoms with Gasteiger partial charge >= 0.3 is 0 Å². The molecule has 0 aromatic heterocycles. The summed E-state index contributed by atoms with van der Waals surface area (Å²) in [6.45, 7) is 0.349. The third-order valence-electron chi connectivity index (χ3n) is 4.19. The van der Waals surface area contributed by atoms with Crippen LogP contribution >= 0.6 is 0 Å². The minimum atomic E-state index is -0.723. The molecule has 0 bridgehead atoms. The summed E-state index contributed by atoms with van der Waals surface area (Å²) >= 11 is 0. The zero-order valence-corrected chi connectivity index (χ0v) is 13.5. The van der Waals surface area contributed by atoms with E-state index >= 15 is 0 Å². The molecule has 24 heavy (non-hydrogen) atoms. The summed E-state index contributed by atoms with van der Waals surface area (Å²) in [5.41, 5.74) is 1.90. The van der Waals surface area contributed by atoms with Crippen LogP contribution in [0.15, 0.2) is 60.7 Å². The van der Waals surface area contributed by atoms with Crippen molar-refractivity contribution in [2.24, 2.45) is 0 Å². The van der Waals surface area contributed by atoms with Gasteiger partial charge in [-0.05, 0) is 11.1 Å². The van der Waals surface area contributed by atoms with Crippen LogP contribution < -0.4 is 5.32 Å². The summed E-state index contributed by atoms with van der Waals surface area (Å²) in [6, 6.07) is 18.8. The Labute approximate surface area is 141 Å². The average molecular weight is 324 g/mol. The standard InChI is InChI=1S/C19H20N2O3/c1-21-16(22)13-24-18(17(21)15-10-6-3-7-11-15)19(23)20-12-14-8-4-2-5-9-14/h2-11,17-18H,12-13H2,1H3,(H,20,23). The Kier molecular flexibility index (Phi) is 4.91. The van der Waals surface area contributed by atoms with Crippen molar-refractivity contribution in [3.05, 3.63) is 71.8 Å². The van der Waals surface area contributed by atoms with Crippen LogP contribution in [0.2, 0.25) is 0 Å². The molecule has 5 heteroatoms. The lowest BCUT2D eigenvalue weighted by atomic mass is 9.97. The number of carbonyl (C=O) groups excluding carboxylic acids is 2. The molecule has 2 atom stereocenters. The van der Waals surface area contributed by atoms with Crippen molar-refractivity contribution in [1.82, 2.24) is 10.2 Å². The van der Waals surface area contributed by atoms with Crippen molar-refractivity contribution in [3.63, 3.8) is 0 Å². The van der Waals surface area contributed by atoms with Crippen molar-refractivity contribution < 1.29 is 14.3 Å². The van der Waals surface area contributed by atoms with Crippen molar-refractivity contribution in [2.45, 2.75) is 18.7 Å². The predicted octanol–water partition coefficient (Wildman–Crippen LogP) is 1.90. The SMILES string of the molecule is CN1C(=O)COC(C(=O)NCc2ccccc2)C1c1ccccc1. The second-order valence-corrected chi connectivity index (χ2v) is 5.80. The molecule has 3 rings (SSSR count). The fourth-order valence-electron chi connectivity index (χ4n) is 2.87. The summed E-state index contributed by atoms with van der Waals surface area (Å²) in [5.74, 6) is -0.344. The zero-order valence-electron chi connectivity index (χ0n) is 13.5. The molecule has 2 aromatic carbocycles. The molecule has 1 heterocycles. The van der Waals surface area contributed by atoms with Crippen LogP contribution in [0.1, 0.15) is 17.2 Å². The number of likely N-dealkylation sites (N-methyl/N-ethyl adjacent to an activating group) is 1. The van der Waals surface area contributed by atoms with Crippen molar-refractivity contribution in [1.29, 1.82) is 0 Å². The molecule has 1 saturated heterocycles. The van der Waals surface area contributed by atoms with E-state index in [9.17, 15) is 9.59 Å². The van der Waals surface area contributed by atoms with E-state index < -0.39 is 12.1 Å². The molecule has 2 aromatic rings. The van der Waals surface area contributed by atoms with E-state index in [-0.39, 0.29) is 18.4 Å². The van der Waals surface area contributed by atoms with Crippen molar-refractivity contribution in [2.75, 3.05) is 13.7 Å². The van der Waals surface area contributed by atoms with E-state index in [1.54, 1.807) is 11.9 Å². The minimum absolute atomic E-state index is 0.0801. The third kappa shape index (κ3) is 3.46. The normalized spacial score (nSPS) is 20.7. The smallest absolute Gasteiger partial charge is 0.251 e. The van der Waals surface area contributed by atoms with Crippen molar-refractivity contribution >= 4 is 11.8 Å². The van der Waals surface area contributed by atoms with Crippen LogP contribution in [0.5, 0.6) is 0 Å². The van der Waals surface area contributed by atoms with Gasteiger partial charge in [0.1, 0.15) is 6.61 Å². The third-order valence-corrected chi connectivity index (χ3v) is 4.19. The second kappa shape index (κ2) is 7.27. The number of nitrogens with zero attached hydrogens (tertiary/aromatic N) is 1. The minimum Gasteiger partial charge on any atom is -0.356 e. The molecular formula is C19H20N2O3. The number of hydrogen-bond acceptors (Lipinski definition) is 3. The van der Waals surface area contributed by atoms with Gasteiger partial charge < -0.3 is 15.0 Å². The van der Waals surface area contributed by atoms with E-state index in [2.05, 4.69) is 5.32 Å². The van der Waals surface area contributed by atoms with E-state index in [0.29, 0.717) is 6.54 Å². The maximum atomic E-state index is 12.6. The average Bonchev–Trinajstić information content (AvgIpc) is 2.63. The van der Waals surface area contributed by atoms with Crippen LogP contribution in [0.3, 0.4) is 0 Å². The first-order valence-electron chi connectivity index (χ1n) is 7.90. The Morgan fingerprint density at radius 1 is 1.12 bits per heavy atom. The molecule has 5 nitrogen and oxygen atoms in total. The van der Waals surface area contributed by atoms with Crippen LogP contribution in [-0.4, -0.2) is 36.5 Å². The highest BCUT2D eigenvalue weighted by Gasteiger charge is 2.39. The topological polar surface area (TPSA) is 58.6 Å². The Balaban J connectivity index is 1.76. The van der Waals surface area contributed by atoms with Crippen LogP contribution in [0.25, 0.3) is 0 Å². The summed E-state index contributed by atoms with van der Waals surface area (Å²) in [5, 5.41) is 2.90. The maximum absolute atomic E-state index is 12.6. The van der Waals surface area contributed by atoms with Crippen LogP contribution in [-0.2, 0) is 20.9 Å². The summed E-state index contributed by atoms with van der Waals surface area (Å²) < 4.78 is 5.57. The molecule has 1 aliphatic rings. The molecule has 1 aliphatic heterocycles. The number of hydrogen-bond donors (Lipinski definition) is 1. The van der Waals surface area contributed by atoms with Crippen LogP contribution in [0.4, 0.5) is 0 Å². The van der Waals surface area contributed by atoms with Crippen LogP contribution in [0, 0.1) is 0 Å². The number of nitrogens with one attached hydrogen (secondary N) is 1. The summed E-state index contributed by atoms with van der Waals surface area (Å²) in [4.78, 5) is 26.2. The van der Waals surface area contributed by atoms with Gasteiger partial charge in [-0.2, -0.15) is 0 Å². The molecule has 1 N–H and O–H groups in total. The first kappa shape index (κ1) is 16.2. The number of ether oxygens (including phenoxy) is 1. The van der Waals surface area contributed by atoms with Gasteiger partial charge in [-0.3, -0.25) is 9.59 Å². The molecule has 0 aliphatic carbocycles. The highest BCUT2D eigenvalue weighted by molar-refractivity contribution is 5.86. The molecule has 0 saturated carbocycles. The highest BCUT2D eigenvalue weighted by Crippen LogP contribution is 2.29. The molecule has 2 unspecified atom stereocenters. The van der Waals surface area contributed by atoms with Gasteiger partial charge in [-0.1, -0.05) is 60.7 Å². The lowest BCUT2D eigenvalue weighted by Gasteiger charge is -2.38. The van der Waals surface area contributed by atoms with E-state index in [4.69, 9.17) is 4.74 Å². The van der Waals surface area contributed by atoms with Gasteiger partial charge in [0.05, 0.1) is 6.04 Å². The fourth-order valence-corrected chi connectivity index (χ4v) is 2.87. The first-order chi connectivity index (χ1) is 11.7. The van der Waals surface area contributed by atoms with Gasteiger partial charge in [0.15, 0.2) is 6.10 Å². The van der Waals surface area contributed by atoms with Gasteiger partial charge in [0, 0.05) is 13.6 Å². The van der Waals surface area contributed by atoms with Crippen molar-refractivity contribution in [3.8, 4) is 0 Å². The second-order valence-electron chi connectivity index (χ2n) is 5.80. The predicted molar refractivity (Wildman–Crippen MR) is 90.0 cm³/mol. The van der Waals surface area contributed by atoms with E-state index in [0.717, 1.165) is 11.1 Å². The first-order valence-corrected chi connectivity index (χ1v) is 7.90. The quantitative estimate of drug-likeness (QED) is 0.934.